The number of hydrogen-bond acceptors (Lipinski definition) is 3. The van der Waals surface area contributed by atoms with Crippen LogP contribution in [-0.4, -0.2) is 45.1 Å². The van der Waals surface area contributed by atoms with Crippen molar-refractivity contribution < 1.29 is 9.53 Å². The van der Waals surface area contributed by atoms with E-state index < -0.39 is 8.32 Å². The fourth-order valence-electron chi connectivity index (χ4n) is 1.85. The molecule has 0 amide bonds. The van der Waals surface area contributed by atoms with E-state index in [1.54, 1.807) is 0 Å². The summed E-state index contributed by atoms with van der Waals surface area (Å²) < 4.78 is 6.26. The number of hydrogen-bond donors (Lipinski definition) is 1. The molecule has 0 unspecified atom stereocenters. The first-order valence-corrected chi connectivity index (χ1v) is 9.85. The Morgan fingerprint density at radius 1 is 1.22 bits per heavy atom. The first kappa shape index (κ1) is 15.4. The number of nitrogens with zero attached hydrogens (tertiary/aromatic N) is 1. The third-order valence-electron chi connectivity index (χ3n) is 2.63. The predicted molar refractivity (Wildman–Crippen MR) is 78.2 cm³/mol. The van der Waals surface area contributed by atoms with Crippen molar-refractivity contribution in [2.45, 2.75) is 25.7 Å². The molecule has 0 saturated heterocycles. The van der Waals surface area contributed by atoms with Crippen LogP contribution in [0.1, 0.15) is 11.7 Å². The molecule has 0 bridgehead atoms. The summed E-state index contributed by atoms with van der Waals surface area (Å²) in [6.45, 7) is 8.29. The highest BCUT2D eigenvalue weighted by atomic mass is 28.4. The summed E-state index contributed by atoms with van der Waals surface area (Å²) in [5.41, 5.74) is 1.21. The van der Waals surface area contributed by atoms with Gasteiger partial charge >= 0.3 is 0 Å². The Balaban J connectivity index is 2.76. The zero-order chi connectivity index (χ0) is 13.6. The van der Waals surface area contributed by atoms with Gasteiger partial charge in [-0.1, -0.05) is 30.3 Å². The van der Waals surface area contributed by atoms with E-state index in [1.165, 1.54) is 5.56 Å². The zero-order valence-corrected chi connectivity index (χ0v) is 12.9. The summed E-state index contributed by atoms with van der Waals surface area (Å²) in [5, 5.41) is 8.98. The van der Waals surface area contributed by atoms with Gasteiger partial charge in [-0.3, -0.25) is 0 Å². The van der Waals surface area contributed by atoms with Gasteiger partial charge in [0.25, 0.3) is 0 Å². The number of aliphatic hydroxyl groups is 1. The van der Waals surface area contributed by atoms with E-state index in [2.05, 4.69) is 36.7 Å². The molecule has 1 atom stereocenters. The molecule has 0 aliphatic rings. The molecule has 102 valence electrons. The smallest absolute Gasteiger partial charge is 0.184 e. The van der Waals surface area contributed by atoms with E-state index in [0.29, 0.717) is 6.54 Å². The van der Waals surface area contributed by atoms with Crippen LogP contribution in [0.2, 0.25) is 19.6 Å². The van der Waals surface area contributed by atoms with Crippen LogP contribution in [0.4, 0.5) is 0 Å². The maximum atomic E-state index is 8.98. The third kappa shape index (κ3) is 5.77. The van der Waals surface area contributed by atoms with Gasteiger partial charge in [0.1, 0.15) is 0 Å². The minimum absolute atomic E-state index is 0.0921. The standard InChI is InChI=1S/C14H25NO2Si/c1-15(10-11-16)12-14(17-18(2,3)4)13-8-6-5-7-9-13/h5-9,14,16H,10-12H2,1-4H3/t14-/m1/s1. The molecule has 1 aromatic rings. The molecular formula is C14H25NO2Si. The van der Waals surface area contributed by atoms with E-state index in [9.17, 15) is 0 Å². The van der Waals surface area contributed by atoms with E-state index in [1.807, 2.05) is 25.2 Å². The van der Waals surface area contributed by atoms with Gasteiger partial charge in [-0.2, -0.15) is 0 Å². The van der Waals surface area contributed by atoms with Gasteiger partial charge in [-0.05, 0) is 32.3 Å². The highest BCUT2D eigenvalue weighted by molar-refractivity contribution is 6.69. The van der Waals surface area contributed by atoms with Gasteiger partial charge in [0.2, 0.25) is 0 Å². The van der Waals surface area contributed by atoms with Crippen molar-refractivity contribution in [3.8, 4) is 0 Å². The third-order valence-corrected chi connectivity index (χ3v) is 3.62. The summed E-state index contributed by atoms with van der Waals surface area (Å²) in [6, 6.07) is 10.3. The average molecular weight is 267 g/mol. The molecule has 0 aliphatic heterocycles. The Hall–Kier alpha value is -0.683. The average Bonchev–Trinajstić information content (AvgIpc) is 2.28. The van der Waals surface area contributed by atoms with Crippen molar-refractivity contribution >= 4 is 8.32 Å². The topological polar surface area (TPSA) is 32.7 Å². The maximum Gasteiger partial charge on any atom is 0.184 e. The van der Waals surface area contributed by atoms with Crippen LogP contribution in [0.3, 0.4) is 0 Å². The highest BCUT2D eigenvalue weighted by Gasteiger charge is 2.23. The van der Waals surface area contributed by atoms with Crippen molar-refractivity contribution in [3.63, 3.8) is 0 Å². The second-order valence-corrected chi connectivity index (χ2v) is 10.1. The first-order valence-electron chi connectivity index (χ1n) is 6.44. The fraction of sp³-hybridized carbons (Fsp3) is 0.571. The maximum absolute atomic E-state index is 8.98. The van der Waals surface area contributed by atoms with Crippen LogP contribution in [-0.2, 0) is 4.43 Å². The lowest BCUT2D eigenvalue weighted by atomic mass is 10.1. The van der Waals surface area contributed by atoms with Crippen molar-refractivity contribution in [3.05, 3.63) is 35.9 Å². The Kier molecular flexibility index (Phi) is 6.01. The van der Waals surface area contributed by atoms with Crippen molar-refractivity contribution in [1.29, 1.82) is 0 Å². The summed E-state index contributed by atoms with van der Waals surface area (Å²) in [5.74, 6) is 0. The largest absolute Gasteiger partial charge is 0.409 e. The molecule has 0 spiro atoms. The molecule has 0 aromatic heterocycles. The number of rotatable bonds is 7. The van der Waals surface area contributed by atoms with Crippen LogP contribution in [0.15, 0.2) is 30.3 Å². The van der Waals surface area contributed by atoms with Crippen molar-refractivity contribution in [2.24, 2.45) is 0 Å². The van der Waals surface area contributed by atoms with Gasteiger partial charge < -0.3 is 14.4 Å². The normalized spacial score (nSPS) is 13.9. The van der Waals surface area contributed by atoms with Crippen molar-refractivity contribution in [1.82, 2.24) is 4.90 Å². The lowest BCUT2D eigenvalue weighted by Crippen LogP contribution is -2.35. The molecule has 0 aliphatic carbocycles. The number of benzene rings is 1. The van der Waals surface area contributed by atoms with Gasteiger partial charge in [-0.25, -0.2) is 0 Å². The Bertz CT molecular complexity index is 337. The SMILES string of the molecule is CN(CCO)C[C@@H](O[Si](C)(C)C)c1ccccc1. The molecule has 0 fully saturated rings. The van der Waals surface area contributed by atoms with Gasteiger partial charge in [0, 0.05) is 13.1 Å². The molecule has 1 rings (SSSR count). The van der Waals surface area contributed by atoms with Gasteiger partial charge in [0.15, 0.2) is 8.32 Å². The van der Waals surface area contributed by atoms with Crippen LogP contribution >= 0.6 is 0 Å². The monoisotopic (exact) mass is 267 g/mol. The van der Waals surface area contributed by atoms with E-state index >= 15 is 0 Å². The quantitative estimate of drug-likeness (QED) is 0.771. The summed E-state index contributed by atoms with van der Waals surface area (Å²) in [7, 11) is 0.432. The van der Waals surface area contributed by atoms with Crippen LogP contribution in [0.25, 0.3) is 0 Å². The Labute approximate surface area is 112 Å². The van der Waals surface area contributed by atoms with E-state index in [-0.39, 0.29) is 12.7 Å². The van der Waals surface area contributed by atoms with Crippen LogP contribution in [0.5, 0.6) is 0 Å². The minimum atomic E-state index is -1.58. The number of likely N-dealkylation sites (N-methyl/N-ethyl adjacent to an activating group) is 1. The molecular weight excluding hydrogens is 242 g/mol. The fourth-order valence-corrected chi connectivity index (χ4v) is 2.91. The Morgan fingerprint density at radius 3 is 2.33 bits per heavy atom. The van der Waals surface area contributed by atoms with Crippen molar-refractivity contribution in [2.75, 3.05) is 26.7 Å². The highest BCUT2D eigenvalue weighted by Crippen LogP contribution is 2.22. The second-order valence-electron chi connectivity index (χ2n) is 5.62. The molecule has 4 heteroatoms. The minimum Gasteiger partial charge on any atom is -0.409 e. The lowest BCUT2D eigenvalue weighted by Gasteiger charge is -2.30. The number of aliphatic hydroxyl groups excluding tert-OH is 1. The molecule has 3 nitrogen and oxygen atoms in total. The Morgan fingerprint density at radius 2 is 1.83 bits per heavy atom. The molecule has 18 heavy (non-hydrogen) atoms. The summed E-state index contributed by atoms with van der Waals surface area (Å²) >= 11 is 0. The molecule has 1 aromatic carbocycles. The zero-order valence-electron chi connectivity index (χ0n) is 11.9. The summed E-state index contributed by atoms with van der Waals surface area (Å²) in [4.78, 5) is 2.11. The predicted octanol–water partition coefficient (Wildman–Crippen LogP) is 2.50. The van der Waals surface area contributed by atoms with Gasteiger partial charge in [0.05, 0.1) is 12.7 Å². The molecule has 0 heterocycles. The molecule has 1 N–H and O–H groups in total. The summed E-state index contributed by atoms with van der Waals surface area (Å²) in [6.07, 6.45) is 0.0921. The van der Waals surface area contributed by atoms with Gasteiger partial charge in [-0.15, -0.1) is 0 Å². The second kappa shape index (κ2) is 7.04. The molecule has 0 radical (unpaired) electrons. The van der Waals surface area contributed by atoms with Crippen LogP contribution < -0.4 is 0 Å². The van der Waals surface area contributed by atoms with E-state index in [4.69, 9.17) is 9.53 Å². The first-order chi connectivity index (χ1) is 8.42. The van der Waals surface area contributed by atoms with E-state index in [0.717, 1.165) is 6.54 Å². The molecule has 0 saturated carbocycles. The van der Waals surface area contributed by atoms with Crippen LogP contribution in [0, 0.1) is 0 Å². The lowest BCUT2D eigenvalue weighted by molar-refractivity contribution is 0.128.